The summed E-state index contributed by atoms with van der Waals surface area (Å²) in [7, 11) is 0. The van der Waals surface area contributed by atoms with Crippen molar-refractivity contribution in [2.24, 2.45) is 5.92 Å². The van der Waals surface area contributed by atoms with Crippen molar-refractivity contribution in [2.75, 3.05) is 11.9 Å². The lowest BCUT2D eigenvalue weighted by Gasteiger charge is -2.43. The normalized spacial score (nSPS) is 26.7. The van der Waals surface area contributed by atoms with Crippen LogP contribution >= 0.6 is 0 Å². The minimum absolute atomic E-state index is 0.0149. The zero-order valence-corrected chi connectivity index (χ0v) is 12.1. The molecule has 0 aromatic heterocycles. The first kappa shape index (κ1) is 13.7. The molecule has 1 fully saturated rings. The summed E-state index contributed by atoms with van der Waals surface area (Å²) in [5.41, 5.74) is 2.66. The Bertz CT molecular complexity index is 703. The molecule has 3 atom stereocenters. The van der Waals surface area contributed by atoms with Gasteiger partial charge in [0.25, 0.3) is 0 Å². The summed E-state index contributed by atoms with van der Waals surface area (Å²) in [5.74, 6) is -0.306. The second-order valence-corrected chi connectivity index (χ2v) is 6.01. The third kappa shape index (κ3) is 2.28. The van der Waals surface area contributed by atoms with Gasteiger partial charge in [-0.25, -0.2) is 8.78 Å². The van der Waals surface area contributed by atoms with E-state index in [4.69, 9.17) is 4.74 Å². The van der Waals surface area contributed by atoms with E-state index in [0.717, 1.165) is 29.7 Å². The van der Waals surface area contributed by atoms with E-state index in [0.29, 0.717) is 6.61 Å². The highest BCUT2D eigenvalue weighted by atomic mass is 19.1. The highest BCUT2D eigenvalue weighted by molar-refractivity contribution is 5.57. The van der Waals surface area contributed by atoms with E-state index in [2.05, 4.69) is 5.32 Å². The van der Waals surface area contributed by atoms with E-state index in [1.165, 1.54) is 12.1 Å². The molecule has 2 heterocycles. The molecule has 1 saturated heterocycles. The van der Waals surface area contributed by atoms with Crippen LogP contribution < -0.4 is 5.32 Å². The van der Waals surface area contributed by atoms with Gasteiger partial charge in [0.1, 0.15) is 11.6 Å². The third-order valence-corrected chi connectivity index (χ3v) is 4.64. The summed E-state index contributed by atoms with van der Waals surface area (Å²) in [6, 6.07) is 11.4. The van der Waals surface area contributed by atoms with Crippen LogP contribution in [0.5, 0.6) is 0 Å². The third-order valence-electron chi connectivity index (χ3n) is 4.64. The van der Waals surface area contributed by atoms with Crippen LogP contribution in [0.15, 0.2) is 42.5 Å². The molecular formula is C18H17F2NO. The van der Waals surface area contributed by atoms with Crippen LogP contribution in [-0.4, -0.2) is 6.61 Å². The lowest BCUT2D eigenvalue weighted by molar-refractivity contribution is -0.0383. The highest BCUT2D eigenvalue weighted by Gasteiger charge is 2.39. The molecule has 2 aliphatic heterocycles. The molecule has 0 saturated carbocycles. The number of ether oxygens (including phenoxy) is 1. The molecule has 0 bridgehead atoms. The molecule has 22 heavy (non-hydrogen) atoms. The average molecular weight is 301 g/mol. The van der Waals surface area contributed by atoms with Crippen LogP contribution in [0.3, 0.4) is 0 Å². The van der Waals surface area contributed by atoms with Crippen LogP contribution in [-0.2, 0) is 4.74 Å². The first-order valence-corrected chi connectivity index (χ1v) is 7.65. The Kier molecular flexibility index (Phi) is 3.34. The smallest absolute Gasteiger partial charge is 0.123 e. The van der Waals surface area contributed by atoms with Crippen molar-refractivity contribution >= 4 is 5.69 Å². The molecule has 0 radical (unpaired) electrons. The maximum absolute atomic E-state index is 13.6. The second-order valence-electron chi connectivity index (χ2n) is 6.01. The Labute approximate surface area is 128 Å². The Morgan fingerprint density at radius 1 is 1.05 bits per heavy atom. The molecule has 4 rings (SSSR count). The summed E-state index contributed by atoms with van der Waals surface area (Å²) in [6.45, 7) is 0.687. The molecule has 2 nitrogen and oxygen atoms in total. The average Bonchev–Trinajstić information content (AvgIpc) is 2.54. The van der Waals surface area contributed by atoms with E-state index in [9.17, 15) is 8.78 Å². The Morgan fingerprint density at radius 3 is 2.77 bits per heavy atom. The van der Waals surface area contributed by atoms with Gasteiger partial charge in [0, 0.05) is 23.8 Å². The molecule has 2 aliphatic rings. The van der Waals surface area contributed by atoms with Crippen molar-refractivity contribution in [1.82, 2.24) is 0 Å². The van der Waals surface area contributed by atoms with Crippen LogP contribution in [0, 0.1) is 17.6 Å². The van der Waals surface area contributed by atoms with E-state index in [-0.39, 0.29) is 29.7 Å². The summed E-state index contributed by atoms with van der Waals surface area (Å²) in [6.07, 6.45) is 1.82. The molecule has 2 aromatic carbocycles. The zero-order chi connectivity index (χ0) is 15.1. The van der Waals surface area contributed by atoms with Gasteiger partial charge < -0.3 is 10.1 Å². The molecule has 4 heteroatoms. The fourth-order valence-corrected chi connectivity index (χ4v) is 3.67. The quantitative estimate of drug-likeness (QED) is 0.831. The molecule has 0 amide bonds. The zero-order valence-electron chi connectivity index (χ0n) is 12.1. The van der Waals surface area contributed by atoms with Crippen molar-refractivity contribution in [3.8, 4) is 0 Å². The minimum atomic E-state index is -0.252. The van der Waals surface area contributed by atoms with Gasteiger partial charge >= 0.3 is 0 Å². The fraction of sp³-hybridized carbons (Fsp3) is 0.333. The number of nitrogens with one attached hydrogen (secondary N) is 1. The van der Waals surface area contributed by atoms with Crippen LogP contribution in [0.25, 0.3) is 0 Å². The molecule has 0 aliphatic carbocycles. The van der Waals surface area contributed by atoms with Gasteiger partial charge in [0.2, 0.25) is 0 Å². The van der Waals surface area contributed by atoms with Crippen molar-refractivity contribution < 1.29 is 13.5 Å². The number of hydrogen-bond acceptors (Lipinski definition) is 2. The number of anilines is 1. The van der Waals surface area contributed by atoms with Gasteiger partial charge in [-0.3, -0.25) is 0 Å². The number of rotatable bonds is 1. The van der Waals surface area contributed by atoms with E-state index < -0.39 is 0 Å². The lowest BCUT2D eigenvalue weighted by Crippen LogP contribution is -2.36. The molecule has 2 aromatic rings. The minimum Gasteiger partial charge on any atom is -0.378 e. The number of hydrogen-bond donors (Lipinski definition) is 1. The Hall–Kier alpha value is -1.94. The van der Waals surface area contributed by atoms with Crippen LogP contribution in [0.1, 0.15) is 36.1 Å². The molecule has 0 unspecified atom stereocenters. The first-order valence-electron chi connectivity index (χ1n) is 7.65. The largest absolute Gasteiger partial charge is 0.378 e. The highest BCUT2D eigenvalue weighted by Crippen LogP contribution is 2.49. The maximum atomic E-state index is 13.6. The molecule has 114 valence electrons. The first-order chi connectivity index (χ1) is 10.7. The molecule has 0 spiro atoms. The number of fused-ring (bicyclic) bond motifs is 3. The summed E-state index contributed by atoms with van der Waals surface area (Å²) in [5, 5.41) is 3.45. The van der Waals surface area contributed by atoms with Crippen molar-refractivity contribution in [2.45, 2.75) is 25.0 Å². The maximum Gasteiger partial charge on any atom is 0.123 e. The van der Waals surface area contributed by atoms with Crippen LogP contribution in [0.4, 0.5) is 14.5 Å². The van der Waals surface area contributed by atoms with E-state index >= 15 is 0 Å². The Balaban J connectivity index is 1.79. The fourth-order valence-electron chi connectivity index (χ4n) is 3.67. The number of benzene rings is 2. The standard InChI is InChI=1S/C18H17F2NO/c19-12-4-1-3-11(9-12)17-14-5-2-8-22-18(14)15-10-13(20)6-7-16(15)21-17/h1,3-4,6-7,9-10,14,17-18,21H,2,5,8H2/t14-,17+,18-/m1/s1. The summed E-state index contributed by atoms with van der Waals surface area (Å²) in [4.78, 5) is 0. The topological polar surface area (TPSA) is 21.3 Å². The summed E-state index contributed by atoms with van der Waals surface area (Å²) >= 11 is 0. The van der Waals surface area contributed by atoms with E-state index in [1.54, 1.807) is 24.3 Å². The SMILES string of the molecule is Fc1cccc([C@@H]2Nc3ccc(F)cc3[C@@H]3OCCC[C@H]23)c1. The van der Waals surface area contributed by atoms with Gasteiger partial charge in [0.05, 0.1) is 12.1 Å². The lowest BCUT2D eigenvalue weighted by atomic mass is 9.77. The molecular weight excluding hydrogens is 284 g/mol. The Morgan fingerprint density at radius 2 is 1.91 bits per heavy atom. The summed E-state index contributed by atoms with van der Waals surface area (Å²) < 4.78 is 33.1. The van der Waals surface area contributed by atoms with E-state index in [1.807, 2.05) is 6.07 Å². The predicted molar refractivity (Wildman–Crippen MR) is 80.6 cm³/mol. The van der Waals surface area contributed by atoms with Gasteiger partial charge in [-0.15, -0.1) is 0 Å². The second kappa shape index (κ2) is 5.36. The predicted octanol–water partition coefficient (Wildman–Crippen LogP) is 4.60. The van der Waals surface area contributed by atoms with Crippen LogP contribution in [0.2, 0.25) is 0 Å². The monoisotopic (exact) mass is 301 g/mol. The van der Waals surface area contributed by atoms with Crippen molar-refractivity contribution in [3.05, 3.63) is 65.2 Å². The molecule has 1 N–H and O–H groups in total. The number of halogens is 2. The van der Waals surface area contributed by atoms with Gasteiger partial charge in [-0.2, -0.15) is 0 Å². The van der Waals surface area contributed by atoms with Crippen molar-refractivity contribution in [1.29, 1.82) is 0 Å². The van der Waals surface area contributed by atoms with Gasteiger partial charge in [0.15, 0.2) is 0 Å². The van der Waals surface area contributed by atoms with Gasteiger partial charge in [-0.1, -0.05) is 12.1 Å². The van der Waals surface area contributed by atoms with Gasteiger partial charge in [-0.05, 0) is 48.7 Å². The van der Waals surface area contributed by atoms with Crippen molar-refractivity contribution in [3.63, 3.8) is 0 Å².